The Morgan fingerprint density at radius 2 is 2.12 bits per heavy atom. The summed E-state index contributed by atoms with van der Waals surface area (Å²) in [5.74, 6) is -0.773. The number of nitrogens with two attached hydrogens (primary N) is 1. The molecule has 0 atom stereocenters. The molecule has 1 aromatic heterocycles. The number of carbonyl (C=O) groups excluding carboxylic acids is 3. The number of rotatable bonds is 5. The van der Waals surface area contributed by atoms with Crippen LogP contribution < -0.4 is 16.0 Å². The summed E-state index contributed by atoms with van der Waals surface area (Å²) in [6, 6.07) is 5.14. The highest BCUT2D eigenvalue weighted by Gasteiger charge is 2.26. The number of benzene rings is 1. The summed E-state index contributed by atoms with van der Waals surface area (Å²) < 4.78 is 0. The summed E-state index contributed by atoms with van der Waals surface area (Å²) >= 11 is 1.31. The first-order valence-corrected chi connectivity index (χ1v) is 9.21. The molecule has 7 nitrogen and oxygen atoms in total. The summed E-state index contributed by atoms with van der Waals surface area (Å²) in [5, 5.41) is 5.02. The second-order valence-corrected chi connectivity index (χ2v) is 7.33. The Hall–Kier alpha value is -2.74. The minimum atomic E-state index is -0.476. The molecule has 0 spiro atoms. The summed E-state index contributed by atoms with van der Waals surface area (Å²) in [6.07, 6.45) is 0.847. The molecule has 2 heterocycles. The van der Waals surface area contributed by atoms with Crippen LogP contribution in [0, 0.1) is 5.92 Å². The van der Waals surface area contributed by atoms with Crippen LogP contribution in [0.15, 0.2) is 23.6 Å². The van der Waals surface area contributed by atoms with Crippen molar-refractivity contribution in [3.8, 4) is 0 Å². The first-order chi connectivity index (χ1) is 12.3. The topological polar surface area (TPSA) is 105 Å². The number of anilines is 2. The molecule has 3 rings (SSSR count). The summed E-state index contributed by atoms with van der Waals surface area (Å²) in [4.78, 5) is 41.7. The average Bonchev–Trinajstić information content (AvgIpc) is 3.20. The van der Waals surface area contributed by atoms with Crippen molar-refractivity contribution < 1.29 is 14.4 Å². The summed E-state index contributed by atoms with van der Waals surface area (Å²) in [7, 11) is 0. The van der Waals surface area contributed by atoms with Crippen LogP contribution in [0.4, 0.5) is 10.8 Å². The van der Waals surface area contributed by atoms with Gasteiger partial charge in [-0.15, -0.1) is 11.3 Å². The lowest BCUT2D eigenvalue weighted by Gasteiger charge is -2.17. The third kappa shape index (κ3) is 3.75. The standard InChI is InChI=1S/C18H20N4O3S/c1-10(2)17(25)21-18-20-13(9-26-18)8-15(23)22-6-5-11-7-12(16(19)24)3-4-14(11)22/h3-4,7,9-10H,5-6,8H2,1-2H3,(H2,19,24)(H,20,21,25). The Balaban J connectivity index is 1.68. The lowest BCUT2D eigenvalue weighted by atomic mass is 10.1. The summed E-state index contributed by atoms with van der Waals surface area (Å²) in [6.45, 7) is 4.18. The Bertz CT molecular complexity index is 875. The fourth-order valence-corrected chi connectivity index (χ4v) is 3.47. The highest BCUT2D eigenvalue weighted by molar-refractivity contribution is 7.13. The predicted molar refractivity (Wildman–Crippen MR) is 100 cm³/mol. The molecular formula is C18H20N4O3S. The van der Waals surface area contributed by atoms with Crippen LogP contribution in [0.1, 0.15) is 35.5 Å². The number of carbonyl (C=O) groups is 3. The molecule has 0 saturated carbocycles. The van der Waals surface area contributed by atoms with Gasteiger partial charge in [-0.1, -0.05) is 13.8 Å². The normalized spacial score (nSPS) is 13.0. The molecule has 0 fully saturated rings. The van der Waals surface area contributed by atoms with Crippen LogP contribution in [0.5, 0.6) is 0 Å². The Kier molecular flexibility index (Phi) is 5.03. The van der Waals surface area contributed by atoms with Crippen molar-refractivity contribution in [1.82, 2.24) is 4.98 Å². The van der Waals surface area contributed by atoms with Crippen molar-refractivity contribution >= 4 is 39.9 Å². The molecule has 1 aliphatic rings. The Morgan fingerprint density at radius 1 is 1.35 bits per heavy atom. The molecule has 1 aromatic carbocycles. The van der Waals surface area contributed by atoms with Crippen LogP contribution in [0.25, 0.3) is 0 Å². The Morgan fingerprint density at radius 3 is 2.81 bits per heavy atom. The zero-order chi connectivity index (χ0) is 18.8. The van der Waals surface area contributed by atoms with Gasteiger partial charge in [-0.3, -0.25) is 14.4 Å². The van der Waals surface area contributed by atoms with Gasteiger partial charge in [0.1, 0.15) is 0 Å². The van der Waals surface area contributed by atoms with E-state index in [1.807, 2.05) is 13.8 Å². The Labute approximate surface area is 155 Å². The summed E-state index contributed by atoms with van der Waals surface area (Å²) in [5.41, 5.74) is 8.13. The van der Waals surface area contributed by atoms with Gasteiger partial charge in [0.25, 0.3) is 0 Å². The van der Waals surface area contributed by atoms with E-state index in [9.17, 15) is 14.4 Å². The van der Waals surface area contributed by atoms with Crippen LogP contribution >= 0.6 is 11.3 Å². The molecule has 1 aliphatic heterocycles. The van der Waals surface area contributed by atoms with Crippen molar-refractivity contribution in [2.24, 2.45) is 11.7 Å². The monoisotopic (exact) mass is 372 g/mol. The molecule has 0 radical (unpaired) electrons. The molecule has 0 saturated heterocycles. The first kappa shape index (κ1) is 18.1. The molecule has 3 N–H and O–H groups in total. The second-order valence-electron chi connectivity index (χ2n) is 6.47. The van der Waals surface area contributed by atoms with E-state index in [1.165, 1.54) is 11.3 Å². The number of fused-ring (bicyclic) bond motifs is 1. The van der Waals surface area contributed by atoms with Crippen molar-refractivity contribution in [3.63, 3.8) is 0 Å². The second kappa shape index (κ2) is 7.25. The highest BCUT2D eigenvalue weighted by atomic mass is 32.1. The van der Waals surface area contributed by atoms with Crippen LogP contribution in [0.3, 0.4) is 0 Å². The van der Waals surface area contributed by atoms with Gasteiger partial charge >= 0.3 is 0 Å². The van der Waals surface area contributed by atoms with E-state index in [2.05, 4.69) is 10.3 Å². The average molecular weight is 372 g/mol. The molecule has 0 unspecified atom stereocenters. The first-order valence-electron chi connectivity index (χ1n) is 8.33. The zero-order valence-corrected chi connectivity index (χ0v) is 15.4. The number of thiazole rings is 1. The number of amides is 3. The smallest absolute Gasteiger partial charge is 0.248 e. The van der Waals surface area contributed by atoms with Gasteiger partial charge in [0, 0.05) is 29.1 Å². The van der Waals surface area contributed by atoms with Crippen molar-refractivity contribution in [1.29, 1.82) is 0 Å². The third-order valence-corrected chi connectivity index (χ3v) is 5.01. The van der Waals surface area contributed by atoms with Gasteiger partial charge in [0.05, 0.1) is 12.1 Å². The lowest BCUT2D eigenvalue weighted by Crippen LogP contribution is -2.30. The van der Waals surface area contributed by atoms with E-state index in [-0.39, 0.29) is 24.2 Å². The number of nitrogens with zero attached hydrogens (tertiary/aromatic N) is 2. The SMILES string of the molecule is CC(C)C(=O)Nc1nc(CC(=O)N2CCc3cc(C(N)=O)ccc32)cs1. The van der Waals surface area contributed by atoms with E-state index in [1.54, 1.807) is 28.5 Å². The maximum absolute atomic E-state index is 12.6. The van der Waals surface area contributed by atoms with E-state index in [4.69, 9.17) is 5.73 Å². The van der Waals surface area contributed by atoms with Gasteiger partial charge in [-0.2, -0.15) is 0 Å². The van der Waals surface area contributed by atoms with Gasteiger partial charge in [-0.05, 0) is 30.2 Å². The highest BCUT2D eigenvalue weighted by Crippen LogP contribution is 2.29. The van der Waals surface area contributed by atoms with Crippen LogP contribution in [-0.2, 0) is 22.4 Å². The minimum absolute atomic E-state index is 0.0670. The van der Waals surface area contributed by atoms with E-state index < -0.39 is 5.91 Å². The molecule has 8 heteroatoms. The number of hydrogen-bond acceptors (Lipinski definition) is 5. The fraction of sp³-hybridized carbons (Fsp3) is 0.333. The minimum Gasteiger partial charge on any atom is -0.366 e. The maximum atomic E-state index is 12.6. The van der Waals surface area contributed by atoms with E-state index >= 15 is 0 Å². The van der Waals surface area contributed by atoms with Gasteiger partial charge in [0.15, 0.2) is 5.13 Å². The number of aromatic nitrogens is 1. The van der Waals surface area contributed by atoms with Gasteiger partial charge < -0.3 is 16.0 Å². The maximum Gasteiger partial charge on any atom is 0.248 e. The van der Waals surface area contributed by atoms with Crippen molar-refractivity contribution in [2.75, 3.05) is 16.8 Å². The molecule has 0 bridgehead atoms. The molecular weight excluding hydrogens is 352 g/mol. The molecule has 3 amide bonds. The van der Waals surface area contributed by atoms with Gasteiger partial charge in [-0.25, -0.2) is 4.98 Å². The lowest BCUT2D eigenvalue weighted by molar-refractivity contribution is -0.119. The predicted octanol–water partition coefficient (Wildman–Crippen LogP) is 1.97. The quantitative estimate of drug-likeness (QED) is 0.837. The fourth-order valence-electron chi connectivity index (χ4n) is 2.76. The van der Waals surface area contributed by atoms with Crippen LogP contribution in [-0.4, -0.2) is 29.3 Å². The molecule has 136 valence electrons. The number of hydrogen-bond donors (Lipinski definition) is 2. The van der Waals surface area contributed by atoms with E-state index in [0.29, 0.717) is 29.4 Å². The van der Waals surface area contributed by atoms with E-state index in [0.717, 1.165) is 11.3 Å². The van der Waals surface area contributed by atoms with Crippen LogP contribution in [0.2, 0.25) is 0 Å². The number of primary amides is 1. The third-order valence-electron chi connectivity index (χ3n) is 4.20. The largest absolute Gasteiger partial charge is 0.366 e. The zero-order valence-electron chi connectivity index (χ0n) is 14.6. The molecule has 2 aromatic rings. The molecule has 0 aliphatic carbocycles. The number of nitrogens with one attached hydrogen (secondary N) is 1. The van der Waals surface area contributed by atoms with Crippen molar-refractivity contribution in [2.45, 2.75) is 26.7 Å². The molecule has 26 heavy (non-hydrogen) atoms. The van der Waals surface area contributed by atoms with Crippen molar-refractivity contribution in [3.05, 3.63) is 40.4 Å². The van der Waals surface area contributed by atoms with Gasteiger partial charge in [0.2, 0.25) is 17.7 Å².